The van der Waals surface area contributed by atoms with Crippen molar-refractivity contribution in [1.29, 1.82) is 0 Å². The Kier molecular flexibility index (Phi) is 4.58. The molecule has 0 heterocycles. The Balaban J connectivity index is 1.09. The maximum absolute atomic E-state index is 6.03. The second-order valence-electron chi connectivity index (χ2n) is 9.79. The first-order valence-electron chi connectivity index (χ1n) is 11.1. The molecule has 0 saturated heterocycles. The molecule has 0 N–H and O–H groups in total. The van der Waals surface area contributed by atoms with E-state index in [0.717, 1.165) is 64.9 Å². The van der Waals surface area contributed by atoms with Gasteiger partial charge in [-0.1, -0.05) is 24.3 Å². The van der Waals surface area contributed by atoms with Gasteiger partial charge in [0.2, 0.25) is 0 Å². The number of benzene rings is 1. The highest BCUT2D eigenvalue weighted by molar-refractivity contribution is 5.61. The monoisotopic (exact) mass is 366 g/mol. The molecule has 0 aliphatic heterocycles. The van der Waals surface area contributed by atoms with Gasteiger partial charge in [0.1, 0.15) is 5.75 Å². The largest absolute Gasteiger partial charge is 0.465 e. The minimum absolute atomic E-state index is 0.186. The Bertz CT molecular complexity index is 693. The first kappa shape index (κ1) is 17.8. The molecule has 27 heavy (non-hydrogen) atoms. The van der Waals surface area contributed by atoms with Crippen LogP contribution < -0.4 is 4.74 Å². The minimum atomic E-state index is -0.186. The van der Waals surface area contributed by atoms with Crippen LogP contribution in [0.1, 0.15) is 57.9 Å². The zero-order valence-electron chi connectivity index (χ0n) is 16.9. The Morgan fingerprint density at radius 1 is 1.04 bits per heavy atom. The van der Waals surface area contributed by atoms with Crippen LogP contribution in [0.15, 0.2) is 30.8 Å². The number of rotatable bonds is 7. The van der Waals surface area contributed by atoms with E-state index in [0.29, 0.717) is 0 Å². The summed E-state index contributed by atoms with van der Waals surface area (Å²) >= 11 is 0. The maximum atomic E-state index is 6.03. The molecule has 0 spiro atoms. The standard InChI is InChI=1S/C25H34O2/c1-15(2)17-6-8-22(9-7-17)27-16(3)26-11-10-18-12-21-14-23(18)25-20-5-4-19(13-20)24(21)25/h6-9,16,18-21,23-25H,1,4-5,10-14H2,2-3H3. The molecule has 5 rings (SSSR count). The number of fused-ring (bicyclic) bond motifs is 9. The van der Waals surface area contributed by atoms with Crippen LogP contribution in [-0.4, -0.2) is 12.9 Å². The van der Waals surface area contributed by atoms with E-state index in [-0.39, 0.29) is 6.29 Å². The lowest BCUT2D eigenvalue weighted by Gasteiger charge is -2.38. The van der Waals surface area contributed by atoms with Crippen LogP contribution in [0.5, 0.6) is 5.75 Å². The molecule has 4 saturated carbocycles. The fraction of sp³-hybridized carbons (Fsp3) is 0.680. The summed E-state index contributed by atoms with van der Waals surface area (Å²) in [6.45, 7) is 8.85. The van der Waals surface area contributed by atoms with Crippen molar-refractivity contribution in [1.82, 2.24) is 0 Å². The van der Waals surface area contributed by atoms with Crippen molar-refractivity contribution in [2.45, 2.75) is 58.7 Å². The molecule has 2 heteroatoms. The van der Waals surface area contributed by atoms with E-state index >= 15 is 0 Å². The van der Waals surface area contributed by atoms with Crippen molar-refractivity contribution < 1.29 is 9.47 Å². The summed E-state index contributed by atoms with van der Waals surface area (Å²) < 4.78 is 12.0. The van der Waals surface area contributed by atoms with Gasteiger partial charge in [-0.05, 0) is 111 Å². The van der Waals surface area contributed by atoms with E-state index < -0.39 is 0 Å². The number of allylic oxidation sites excluding steroid dienone is 1. The van der Waals surface area contributed by atoms with Crippen molar-refractivity contribution >= 4 is 5.57 Å². The third-order valence-corrected chi connectivity index (χ3v) is 8.36. The number of hydrogen-bond donors (Lipinski definition) is 0. The van der Waals surface area contributed by atoms with E-state index in [1.54, 1.807) is 12.8 Å². The van der Waals surface area contributed by atoms with Crippen LogP contribution in [0.4, 0.5) is 0 Å². The summed E-state index contributed by atoms with van der Waals surface area (Å²) in [5, 5.41) is 0. The molecule has 4 bridgehead atoms. The van der Waals surface area contributed by atoms with Crippen LogP contribution in [0.2, 0.25) is 0 Å². The average Bonchev–Trinajstić information content (AvgIpc) is 3.41. The van der Waals surface area contributed by atoms with Crippen molar-refractivity contribution in [2.75, 3.05) is 6.61 Å². The van der Waals surface area contributed by atoms with Crippen molar-refractivity contribution in [3.63, 3.8) is 0 Å². The average molecular weight is 367 g/mol. The van der Waals surface area contributed by atoms with Crippen LogP contribution >= 0.6 is 0 Å². The maximum Gasteiger partial charge on any atom is 0.196 e. The van der Waals surface area contributed by atoms with Crippen molar-refractivity contribution in [3.05, 3.63) is 36.4 Å². The second kappa shape index (κ2) is 6.95. The summed E-state index contributed by atoms with van der Waals surface area (Å²) in [6.07, 6.45) is 8.71. The van der Waals surface area contributed by atoms with E-state index in [9.17, 15) is 0 Å². The quantitative estimate of drug-likeness (QED) is 0.424. The van der Waals surface area contributed by atoms with Gasteiger partial charge in [0.25, 0.3) is 0 Å². The van der Waals surface area contributed by atoms with Crippen molar-refractivity contribution in [2.24, 2.45) is 41.4 Å². The van der Waals surface area contributed by atoms with E-state index in [1.165, 1.54) is 25.7 Å². The van der Waals surface area contributed by atoms with Crippen LogP contribution in [0.25, 0.3) is 5.57 Å². The molecule has 4 aliphatic carbocycles. The smallest absolute Gasteiger partial charge is 0.196 e. The molecular weight excluding hydrogens is 332 g/mol. The fourth-order valence-corrected chi connectivity index (χ4v) is 7.46. The van der Waals surface area contributed by atoms with E-state index in [1.807, 2.05) is 26.0 Å². The lowest BCUT2D eigenvalue weighted by molar-refractivity contribution is -0.0735. The van der Waals surface area contributed by atoms with E-state index in [4.69, 9.17) is 9.47 Å². The lowest BCUT2D eigenvalue weighted by atomic mass is 9.67. The molecule has 0 aromatic heterocycles. The third-order valence-electron chi connectivity index (χ3n) is 8.36. The van der Waals surface area contributed by atoms with Gasteiger partial charge in [-0.3, -0.25) is 0 Å². The molecular formula is C25H34O2. The lowest BCUT2D eigenvalue weighted by Crippen LogP contribution is -2.33. The molecule has 4 fully saturated rings. The summed E-state index contributed by atoms with van der Waals surface area (Å²) in [5.41, 5.74) is 2.24. The molecule has 146 valence electrons. The Morgan fingerprint density at radius 3 is 2.52 bits per heavy atom. The van der Waals surface area contributed by atoms with E-state index in [2.05, 4.69) is 18.7 Å². The van der Waals surface area contributed by atoms with Gasteiger partial charge in [0.05, 0.1) is 6.61 Å². The predicted octanol–water partition coefficient (Wildman–Crippen LogP) is 6.17. The molecule has 8 unspecified atom stereocenters. The first-order chi connectivity index (χ1) is 13.1. The van der Waals surface area contributed by atoms with Crippen LogP contribution in [0.3, 0.4) is 0 Å². The van der Waals surface area contributed by atoms with Gasteiger partial charge in [0, 0.05) is 0 Å². The summed E-state index contributed by atoms with van der Waals surface area (Å²) in [4.78, 5) is 0. The highest BCUT2D eigenvalue weighted by Gasteiger charge is 2.61. The number of hydrogen-bond acceptors (Lipinski definition) is 2. The normalized spacial score (nSPS) is 39.6. The Morgan fingerprint density at radius 2 is 1.78 bits per heavy atom. The molecule has 0 radical (unpaired) electrons. The summed E-state index contributed by atoms with van der Waals surface area (Å²) in [5.74, 6) is 8.27. The van der Waals surface area contributed by atoms with Gasteiger partial charge in [0.15, 0.2) is 6.29 Å². The van der Waals surface area contributed by atoms with Crippen LogP contribution in [-0.2, 0) is 4.74 Å². The highest BCUT2D eigenvalue weighted by atomic mass is 16.7. The summed E-state index contributed by atoms with van der Waals surface area (Å²) in [6, 6.07) is 8.14. The Labute approximate surface area is 164 Å². The molecule has 8 atom stereocenters. The van der Waals surface area contributed by atoms with Gasteiger partial charge in [-0.25, -0.2) is 0 Å². The molecule has 4 aliphatic rings. The Hall–Kier alpha value is -1.28. The molecule has 1 aromatic rings. The predicted molar refractivity (Wildman–Crippen MR) is 109 cm³/mol. The molecule has 0 amide bonds. The van der Waals surface area contributed by atoms with Gasteiger partial charge < -0.3 is 9.47 Å². The zero-order chi connectivity index (χ0) is 18.5. The third kappa shape index (κ3) is 3.14. The topological polar surface area (TPSA) is 18.5 Å². The molecule has 2 nitrogen and oxygen atoms in total. The minimum Gasteiger partial charge on any atom is -0.465 e. The first-order valence-corrected chi connectivity index (χ1v) is 11.1. The zero-order valence-corrected chi connectivity index (χ0v) is 16.9. The van der Waals surface area contributed by atoms with Gasteiger partial charge in [-0.15, -0.1) is 0 Å². The van der Waals surface area contributed by atoms with Gasteiger partial charge in [-0.2, -0.15) is 0 Å². The number of ether oxygens (including phenoxy) is 2. The fourth-order valence-electron chi connectivity index (χ4n) is 7.46. The highest BCUT2D eigenvalue weighted by Crippen LogP contribution is 2.69. The van der Waals surface area contributed by atoms with Crippen LogP contribution in [0, 0.1) is 41.4 Å². The van der Waals surface area contributed by atoms with Crippen molar-refractivity contribution in [3.8, 4) is 5.75 Å². The SMILES string of the molecule is C=C(C)c1ccc(OC(C)OCCC2CC3CC2C2C4CCC(C4)C32)cc1. The van der Waals surface area contributed by atoms with Gasteiger partial charge >= 0.3 is 0 Å². The summed E-state index contributed by atoms with van der Waals surface area (Å²) in [7, 11) is 0. The molecule has 1 aromatic carbocycles. The second-order valence-corrected chi connectivity index (χ2v) is 9.79.